The summed E-state index contributed by atoms with van der Waals surface area (Å²) in [5.41, 5.74) is 0.758. The first-order valence-electron chi connectivity index (χ1n) is 14.6. The molecule has 3 rings (SSSR count). The molecule has 1 aromatic carbocycles. The van der Waals surface area contributed by atoms with E-state index in [1.54, 1.807) is 30.3 Å². The molecule has 0 saturated carbocycles. The Hall–Kier alpha value is -2.99. The highest BCUT2D eigenvalue weighted by Gasteiger charge is 2.52. The van der Waals surface area contributed by atoms with Gasteiger partial charge in [-0.1, -0.05) is 36.4 Å². The summed E-state index contributed by atoms with van der Waals surface area (Å²) < 4.78 is 38.1. The maximum Gasteiger partial charge on any atom is 0.508 e. The minimum absolute atomic E-state index is 0.0193. The molecular weight excluding hydrogens is 600 g/mol. The van der Waals surface area contributed by atoms with Crippen LogP contribution in [0.3, 0.4) is 0 Å². The third-order valence-electron chi connectivity index (χ3n) is 7.10. The molecule has 0 aromatic heterocycles. The molecule has 15 heteroatoms. The first-order valence-corrected chi connectivity index (χ1v) is 14.6. The van der Waals surface area contributed by atoms with Gasteiger partial charge < -0.3 is 63.5 Å². The highest BCUT2D eigenvalue weighted by Crippen LogP contribution is 2.31. The number of carbonyl (C=O) groups is 3. The molecule has 10 atom stereocenters. The van der Waals surface area contributed by atoms with Crippen LogP contribution in [0.25, 0.3) is 0 Å². The molecule has 2 heterocycles. The van der Waals surface area contributed by atoms with Gasteiger partial charge in [0.1, 0.15) is 55.1 Å². The van der Waals surface area contributed by atoms with Crippen LogP contribution in [0.1, 0.15) is 38.2 Å². The summed E-state index contributed by atoms with van der Waals surface area (Å²) in [5.74, 6) is -1.22. The second-order valence-electron chi connectivity index (χ2n) is 10.6. The van der Waals surface area contributed by atoms with Crippen LogP contribution in [-0.2, 0) is 49.4 Å². The fraction of sp³-hybridized carbons (Fsp3) is 0.633. The number of allylic oxidation sites excluding steroid dienone is 1. The molecule has 0 radical (unpaired) electrons. The lowest BCUT2D eigenvalue weighted by atomic mass is 9.96. The summed E-state index contributed by atoms with van der Waals surface area (Å²) in [7, 11) is 0. The first kappa shape index (κ1) is 36.5. The zero-order valence-corrected chi connectivity index (χ0v) is 24.9. The predicted octanol–water partition coefficient (Wildman–Crippen LogP) is -0.125. The van der Waals surface area contributed by atoms with E-state index in [0.717, 1.165) is 5.56 Å². The number of ether oxygens (including phenoxy) is 7. The van der Waals surface area contributed by atoms with Gasteiger partial charge in [-0.15, -0.1) is 6.58 Å². The van der Waals surface area contributed by atoms with E-state index in [1.807, 2.05) is 6.07 Å². The van der Waals surface area contributed by atoms with Crippen molar-refractivity contribution in [3.63, 3.8) is 0 Å². The lowest BCUT2D eigenvalue weighted by Crippen LogP contribution is -2.65. The molecule has 2 saturated heterocycles. The molecule has 2 aliphatic heterocycles. The Morgan fingerprint density at radius 2 is 1.58 bits per heavy atom. The van der Waals surface area contributed by atoms with E-state index in [0.29, 0.717) is 12.8 Å². The molecule has 0 unspecified atom stereocenters. The third kappa shape index (κ3) is 10.8. The Labute approximate surface area is 260 Å². The summed E-state index contributed by atoms with van der Waals surface area (Å²) >= 11 is 0. The van der Waals surface area contributed by atoms with Crippen molar-refractivity contribution in [2.45, 2.75) is 101 Å². The van der Waals surface area contributed by atoms with Crippen molar-refractivity contribution in [3.05, 3.63) is 48.6 Å². The largest absolute Gasteiger partial charge is 0.508 e. The van der Waals surface area contributed by atoms with E-state index in [4.69, 9.17) is 33.2 Å². The maximum atomic E-state index is 12.5. The summed E-state index contributed by atoms with van der Waals surface area (Å²) in [4.78, 5) is 35.8. The molecule has 0 amide bonds. The number of unbranched alkanes of at least 4 members (excludes halogenated alkanes) is 1. The van der Waals surface area contributed by atoms with E-state index in [2.05, 4.69) is 6.58 Å². The molecule has 0 aliphatic carbocycles. The molecule has 5 N–H and O–H groups in total. The molecule has 252 valence electrons. The highest BCUT2D eigenvalue weighted by atomic mass is 16.8. The first-order chi connectivity index (χ1) is 21.5. The minimum Gasteiger partial charge on any atom is -0.454 e. The standard InChI is InChI=1S/C30H42O15/c1-3-4-8-13-39-30(38)41-16-20-22(34)23(35)27(44-21(33)12-11-17(2)32)29(43-20)45-26-19(14-31)42-28(25(37)24(26)36)40-15-18-9-6-5-7-10-18/h3,5-7,9-10,19-20,22-29,31,34-37H,1,4,8,11-16H2,2H3/t19-,20-,22+,23+,24-,25-,26-,27-,28-,29+/m1/s1. The Kier molecular flexibility index (Phi) is 14.8. The van der Waals surface area contributed by atoms with Crippen LogP contribution in [0.2, 0.25) is 0 Å². The smallest absolute Gasteiger partial charge is 0.454 e. The van der Waals surface area contributed by atoms with Crippen LogP contribution in [-0.4, -0.2) is 125 Å². The van der Waals surface area contributed by atoms with Crippen LogP contribution in [0.4, 0.5) is 4.79 Å². The average molecular weight is 643 g/mol. The quantitative estimate of drug-likeness (QED) is 0.0902. The van der Waals surface area contributed by atoms with Gasteiger partial charge in [0.15, 0.2) is 18.7 Å². The van der Waals surface area contributed by atoms with Gasteiger partial charge in [0.25, 0.3) is 0 Å². The monoisotopic (exact) mass is 642 g/mol. The topological polar surface area (TPSA) is 217 Å². The zero-order valence-electron chi connectivity index (χ0n) is 24.9. The number of carbonyl (C=O) groups excluding carboxylic acids is 3. The normalized spacial score (nSPS) is 31.5. The molecule has 0 spiro atoms. The number of aliphatic hydroxyl groups excluding tert-OH is 5. The molecular formula is C30H42O15. The molecule has 2 fully saturated rings. The van der Waals surface area contributed by atoms with Gasteiger partial charge in [0, 0.05) is 6.42 Å². The second-order valence-corrected chi connectivity index (χ2v) is 10.6. The van der Waals surface area contributed by atoms with E-state index in [-0.39, 0.29) is 31.8 Å². The van der Waals surface area contributed by atoms with Crippen LogP contribution >= 0.6 is 0 Å². The second kappa shape index (κ2) is 18.2. The minimum atomic E-state index is -1.86. The Morgan fingerprint density at radius 1 is 0.889 bits per heavy atom. The van der Waals surface area contributed by atoms with Crippen molar-refractivity contribution in [3.8, 4) is 0 Å². The van der Waals surface area contributed by atoms with Crippen LogP contribution in [0, 0.1) is 0 Å². The van der Waals surface area contributed by atoms with Gasteiger partial charge in [-0.2, -0.15) is 0 Å². The number of benzene rings is 1. The van der Waals surface area contributed by atoms with Crippen LogP contribution in [0.15, 0.2) is 43.0 Å². The number of hydrogen-bond donors (Lipinski definition) is 5. The van der Waals surface area contributed by atoms with Gasteiger partial charge in [0.2, 0.25) is 0 Å². The van der Waals surface area contributed by atoms with E-state index in [9.17, 15) is 39.9 Å². The predicted molar refractivity (Wildman–Crippen MR) is 151 cm³/mol. The molecule has 1 aromatic rings. The Bertz CT molecular complexity index is 1080. The third-order valence-corrected chi connectivity index (χ3v) is 7.10. The number of aliphatic hydroxyl groups is 5. The van der Waals surface area contributed by atoms with Crippen molar-refractivity contribution in [2.75, 3.05) is 19.8 Å². The van der Waals surface area contributed by atoms with Gasteiger partial charge in [0.05, 0.1) is 26.2 Å². The summed E-state index contributed by atoms with van der Waals surface area (Å²) in [5, 5.41) is 53.4. The van der Waals surface area contributed by atoms with Crippen LogP contribution in [0.5, 0.6) is 0 Å². The van der Waals surface area contributed by atoms with Crippen molar-refractivity contribution >= 4 is 17.9 Å². The fourth-order valence-corrected chi connectivity index (χ4v) is 4.61. The lowest BCUT2D eigenvalue weighted by molar-refractivity contribution is -0.360. The van der Waals surface area contributed by atoms with Crippen molar-refractivity contribution in [1.29, 1.82) is 0 Å². The number of ketones is 1. The Balaban J connectivity index is 1.73. The number of esters is 1. The van der Waals surface area contributed by atoms with Gasteiger partial charge in [-0.3, -0.25) is 4.79 Å². The lowest BCUT2D eigenvalue weighted by Gasteiger charge is -2.46. The van der Waals surface area contributed by atoms with Crippen molar-refractivity contribution in [2.24, 2.45) is 0 Å². The fourth-order valence-electron chi connectivity index (χ4n) is 4.61. The maximum absolute atomic E-state index is 12.5. The SMILES string of the molecule is C=CCCCOC(=O)OC[C@H]1O[C@@H](O[C@H]2[C@H](O)[C@@H](O)[C@H](OCc3ccccc3)O[C@@H]2CO)[C@H](OC(=O)CCC(C)=O)[C@@H](O)[C@H]1O. The van der Waals surface area contributed by atoms with Crippen LogP contribution < -0.4 is 0 Å². The number of Topliss-reactive ketones (excluding diaryl/α,β-unsaturated/α-hetero) is 1. The van der Waals surface area contributed by atoms with E-state index < -0.39 is 86.8 Å². The van der Waals surface area contributed by atoms with E-state index in [1.165, 1.54) is 6.92 Å². The van der Waals surface area contributed by atoms with Gasteiger partial charge >= 0.3 is 12.1 Å². The molecule has 2 aliphatic rings. The zero-order chi connectivity index (χ0) is 32.9. The molecule has 15 nitrogen and oxygen atoms in total. The van der Waals surface area contributed by atoms with Gasteiger partial charge in [-0.05, 0) is 25.3 Å². The summed E-state index contributed by atoms with van der Waals surface area (Å²) in [6.07, 6.45) is -14.9. The average Bonchev–Trinajstić information content (AvgIpc) is 3.03. The van der Waals surface area contributed by atoms with Crippen molar-refractivity contribution in [1.82, 2.24) is 0 Å². The van der Waals surface area contributed by atoms with Crippen molar-refractivity contribution < 1.29 is 73.1 Å². The van der Waals surface area contributed by atoms with E-state index >= 15 is 0 Å². The Morgan fingerprint density at radius 3 is 2.24 bits per heavy atom. The molecule has 0 bridgehead atoms. The van der Waals surface area contributed by atoms with Gasteiger partial charge in [-0.25, -0.2) is 4.79 Å². The number of rotatable bonds is 16. The number of hydrogen-bond acceptors (Lipinski definition) is 15. The highest BCUT2D eigenvalue weighted by molar-refractivity contribution is 5.81. The summed E-state index contributed by atoms with van der Waals surface area (Å²) in [6.45, 7) is 3.58. The molecule has 45 heavy (non-hydrogen) atoms. The summed E-state index contributed by atoms with van der Waals surface area (Å²) in [6, 6.07) is 8.95.